The van der Waals surface area contributed by atoms with Crippen molar-refractivity contribution in [2.75, 3.05) is 18.1 Å². The van der Waals surface area contributed by atoms with Crippen LogP contribution in [0.3, 0.4) is 0 Å². The number of hydrogen-bond donors (Lipinski definition) is 2. The fourth-order valence-corrected chi connectivity index (χ4v) is 2.47. The topological polar surface area (TPSA) is 62.4 Å². The minimum Gasteiger partial charge on any atom is -0.394 e. The molecule has 2 heterocycles. The van der Waals surface area contributed by atoms with E-state index in [0.29, 0.717) is 0 Å². The van der Waals surface area contributed by atoms with Gasteiger partial charge in [0.05, 0.1) is 12.6 Å². The van der Waals surface area contributed by atoms with E-state index < -0.39 is 0 Å². The molecule has 2 atom stereocenters. The quantitative estimate of drug-likeness (QED) is 0.832. The number of aromatic nitrogens is 1. The molecule has 4 heteroatoms. The molecule has 0 aliphatic carbocycles. The van der Waals surface area contributed by atoms with Gasteiger partial charge in [0, 0.05) is 24.3 Å². The predicted molar refractivity (Wildman–Crippen MR) is 68.9 cm³/mol. The first-order valence-corrected chi connectivity index (χ1v) is 6.32. The molecule has 1 aliphatic heterocycles. The zero-order valence-electron chi connectivity index (χ0n) is 10.3. The highest BCUT2D eigenvalue weighted by Crippen LogP contribution is 2.28. The van der Waals surface area contributed by atoms with Crippen LogP contribution in [0.2, 0.25) is 0 Å². The number of aliphatic hydroxyl groups is 1. The van der Waals surface area contributed by atoms with E-state index in [1.165, 1.54) is 6.42 Å². The van der Waals surface area contributed by atoms with Crippen LogP contribution in [0.25, 0.3) is 0 Å². The molecule has 0 saturated carbocycles. The standard InChI is InChI=1S/C13H21N3O/c1-10(14)12-6-4-7-15-13(12)16-8-3-2-5-11(16)9-17/h4,6-7,10-11,17H,2-3,5,8-9,14H2,1H3/t10-,11?/m1/s1. The molecule has 2 rings (SSSR count). The second-order valence-electron chi connectivity index (χ2n) is 4.73. The first-order valence-electron chi connectivity index (χ1n) is 6.32. The second-order valence-corrected chi connectivity index (χ2v) is 4.73. The lowest BCUT2D eigenvalue weighted by Gasteiger charge is -2.37. The van der Waals surface area contributed by atoms with E-state index in [2.05, 4.69) is 9.88 Å². The molecule has 1 saturated heterocycles. The summed E-state index contributed by atoms with van der Waals surface area (Å²) in [6.45, 7) is 3.12. The Morgan fingerprint density at radius 1 is 1.59 bits per heavy atom. The highest BCUT2D eigenvalue weighted by atomic mass is 16.3. The van der Waals surface area contributed by atoms with Crippen molar-refractivity contribution >= 4 is 5.82 Å². The summed E-state index contributed by atoms with van der Waals surface area (Å²) in [7, 11) is 0. The van der Waals surface area contributed by atoms with Gasteiger partial charge >= 0.3 is 0 Å². The van der Waals surface area contributed by atoms with Crippen LogP contribution in [-0.2, 0) is 0 Å². The van der Waals surface area contributed by atoms with Crippen molar-refractivity contribution < 1.29 is 5.11 Å². The first-order chi connectivity index (χ1) is 8.24. The van der Waals surface area contributed by atoms with Crippen molar-refractivity contribution in [2.24, 2.45) is 5.73 Å². The highest BCUT2D eigenvalue weighted by Gasteiger charge is 2.25. The third kappa shape index (κ3) is 2.58. The third-order valence-corrected chi connectivity index (χ3v) is 3.42. The van der Waals surface area contributed by atoms with E-state index in [-0.39, 0.29) is 18.7 Å². The van der Waals surface area contributed by atoms with Gasteiger partial charge in [-0.25, -0.2) is 4.98 Å². The number of nitrogens with two attached hydrogens (primary N) is 1. The predicted octanol–water partition coefficient (Wildman–Crippen LogP) is 1.45. The maximum Gasteiger partial charge on any atom is 0.133 e. The number of anilines is 1. The van der Waals surface area contributed by atoms with Gasteiger partial charge in [-0.2, -0.15) is 0 Å². The smallest absolute Gasteiger partial charge is 0.133 e. The van der Waals surface area contributed by atoms with E-state index in [9.17, 15) is 5.11 Å². The van der Waals surface area contributed by atoms with Gasteiger partial charge in [0.15, 0.2) is 0 Å². The molecule has 0 radical (unpaired) electrons. The summed E-state index contributed by atoms with van der Waals surface area (Å²) in [6, 6.07) is 4.10. The largest absolute Gasteiger partial charge is 0.394 e. The summed E-state index contributed by atoms with van der Waals surface area (Å²) in [5, 5.41) is 9.45. The first kappa shape index (κ1) is 12.3. The normalized spacial score (nSPS) is 22.5. The van der Waals surface area contributed by atoms with Gasteiger partial charge in [0.1, 0.15) is 5.82 Å². The Hall–Kier alpha value is -1.13. The van der Waals surface area contributed by atoms with E-state index in [1.807, 2.05) is 19.1 Å². The molecular formula is C13H21N3O. The Bertz CT molecular complexity index is 367. The zero-order valence-corrected chi connectivity index (χ0v) is 10.3. The molecule has 1 aromatic heterocycles. The van der Waals surface area contributed by atoms with Crippen LogP contribution in [0.15, 0.2) is 18.3 Å². The van der Waals surface area contributed by atoms with Crippen LogP contribution in [0.4, 0.5) is 5.82 Å². The summed E-state index contributed by atoms with van der Waals surface area (Å²) in [6.07, 6.45) is 5.17. The second kappa shape index (κ2) is 5.47. The Morgan fingerprint density at radius 2 is 2.41 bits per heavy atom. The van der Waals surface area contributed by atoms with Gasteiger partial charge in [-0.05, 0) is 32.3 Å². The SMILES string of the molecule is C[C@@H](N)c1cccnc1N1CCCCC1CO. The number of piperidine rings is 1. The van der Waals surface area contributed by atoms with Gasteiger partial charge in [-0.15, -0.1) is 0 Å². The van der Waals surface area contributed by atoms with Gasteiger partial charge in [-0.1, -0.05) is 6.07 Å². The van der Waals surface area contributed by atoms with E-state index in [4.69, 9.17) is 5.73 Å². The fourth-order valence-electron chi connectivity index (χ4n) is 2.47. The number of hydrogen-bond acceptors (Lipinski definition) is 4. The van der Waals surface area contributed by atoms with Gasteiger partial charge in [0.25, 0.3) is 0 Å². The molecule has 0 aromatic carbocycles. The molecule has 3 N–H and O–H groups in total. The molecule has 1 aliphatic rings. The highest BCUT2D eigenvalue weighted by molar-refractivity contribution is 5.49. The van der Waals surface area contributed by atoms with Crippen LogP contribution in [-0.4, -0.2) is 29.3 Å². The lowest BCUT2D eigenvalue weighted by Crippen LogP contribution is -2.43. The lowest BCUT2D eigenvalue weighted by atomic mass is 10.0. The molecule has 1 unspecified atom stereocenters. The fraction of sp³-hybridized carbons (Fsp3) is 0.615. The molecule has 0 amide bonds. The van der Waals surface area contributed by atoms with Gasteiger partial charge in [0.2, 0.25) is 0 Å². The van der Waals surface area contributed by atoms with Crippen molar-refractivity contribution in [3.63, 3.8) is 0 Å². The molecule has 0 spiro atoms. The Kier molecular flexibility index (Phi) is 3.97. The number of nitrogens with zero attached hydrogens (tertiary/aromatic N) is 2. The molecule has 1 aromatic rings. The van der Waals surface area contributed by atoms with Crippen molar-refractivity contribution in [2.45, 2.75) is 38.3 Å². The minimum atomic E-state index is -0.0278. The molecule has 4 nitrogen and oxygen atoms in total. The maximum atomic E-state index is 9.45. The van der Waals surface area contributed by atoms with Gasteiger partial charge in [-0.3, -0.25) is 0 Å². The molecule has 1 fully saturated rings. The molecule has 0 bridgehead atoms. The van der Waals surface area contributed by atoms with E-state index in [1.54, 1.807) is 6.20 Å². The van der Waals surface area contributed by atoms with Crippen LogP contribution in [0, 0.1) is 0 Å². The lowest BCUT2D eigenvalue weighted by molar-refractivity contribution is 0.239. The Morgan fingerprint density at radius 3 is 3.12 bits per heavy atom. The van der Waals surface area contributed by atoms with Crippen LogP contribution >= 0.6 is 0 Å². The number of aliphatic hydroxyl groups excluding tert-OH is 1. The van der Waals surface area contributed by atoms with E-state index in [0.717, 1.165) is 30.8 Å². The van der Waals surface area contributed by atoms with Gasteiger partial charge < -0.3 is 15.7 Å². The number of rotatable bonds is 3. The Labute approximate surface area is 102 Å². The van der Waals surface area contributed by atoms with Crippen LogP contribution < -0.4 is 10.6 Å². The number of pyridine rings is 1. The Balaban J connectivity index is 2.31. The molecular weight excluding hydrogens is 214 g/mol. The van der Waals surface area contributed by atoms with Crippen molar-refractivity contribution in [3.05, 3.63) is 23.9 Å². The maximum absolute atomic E-state index is 9.45. The molecule has 17 heavy (non-hydrogen) atoms. The summed E-state index contributed by atoms with van der Waals surface area (Å²) >= 11 is 0. The van der Waals surface area contributed by atoms with Crippen LogP contribution in [0.1, 0.15) is 37.8 Å². The zero-order chi connectivity index (χ0) is 12.3. The summed E-state index contributed by atoms with van der Waals surface area (Å²) in [5.74, 6) is 0.946. The average Bonchev–Trinajstić information content (AvgIpc) is 2.38. The minimum absolute atomic E-state index is 0.0278. The van der Waals surface area contributed by atoms with Crippen molar-refractivity contribution in [1.29, 1.82) is 0 Å². The van der Waals surface area contributed by atoms with Crippen molar-refractivity contribution in [1.82, 2.24) is 4.98 Å². The summed E-state index contributed by atoms with van der Waals surface area (Å²) in [4.78, 5) is 6.67. The van der Waals surface area contributed by atoms with Crippen LogP contribution in [0.5, 0.6) is 0 Å². The molecule has 94 valence electrons. The average molecular weight is 235 g/mol. The van der Waals surface area contributed by atoms with E-state index >= 15 is 0 Å². The summed E-state index contributed by atoms with van der Waals surface area (Å²) < 4.78 is 0. The summed E-state index contributed by atoms with van der Waals surface area (Å²) in [5.41, 5.74) is 7.04. The van der Waals surface area contributed by atoms with Crippen molar-refractivity contribution in [3.8, 4) is 0 Å². The monoisotopic (exact) mass is 235 g/mol. The third-order valence-electron chi connectivity index (χ3n) is 3.42.